The molecule has 4 rings (SSSR count). The van der Waals surface area contributed by atoms with Crippen LogP contribution in [0.3, 0.4) is 0 Å². The topological polar surface area (TPSA) is 44.8 Å². The van der Waals surface area contributed by atoms with Crippen LogP contribution in [0.15, 0.2) is 66.4 Å². The maximum absolute atomic E-state index is 12.8. The minimum Gasteiger partial charge on any atom is -0.497 e. The van der Waals surface area contributed by atoms with Gasteiger partial charge in [-0.2, -0.15) is 0 Å². The predicted octanol–water partition coefficient (Wildman–Crippen LogP) is 5.85. The van der Waals surface area contributed by atoms with E-state index in [0.717, 1.165) is 16.7 Å². The summed E-state index contributed by atoms with van der Waals surface area (Å²) in [6.45, 7) is 2.21. The van der Waals surface area contributed by atoms with Crippen LogP contribution in [0.25, 0.3) is 6.08 Å². The largest absolute Gasteiger partial charge is 0.497 e. The highest BCUT2D eigenvalue weighted by atomic mass is 35.5. The van der Waals surface area contributed by atoms with Crippen LogP contribution in [0.1, 0.15) is 27.0 Å². The third-order valence-electron chi connectivity index (χ3n) is 4.77. The van der Waals surface area contributed by atoms with Crippen molar-refractivity contribution in [2.24, 2.45) is 0 Å². The molecule has 0 unspecified atom stereocenters. The standard InChI is InChI=1S/C24H19ClO4/c1-15-21(28-14-17-7-3-4-9-20(17)25)11-10-19-23(26)22(29-24(15)19)13-16-6-5-8-18(12-16)27-2/h3-13H,14H2,1-2H3/b22-13-. The number of hydrogen-bond acceptors (Lipinski definition) is 4. The van der Waals surface area contributed by atoms with E-state index in [9.17, 15) is 4.79 Å². The van der Waals surface area contributed by atoms with E-state index in [1.165, 1.54) is 0 Å². The predicted molar refractivity (Wildman–Crippen MR) is 113 cm³/mol. The van der Waals surface area contributed by atoms with Crippen molar-refractivity contribution in [2.45, 2.75) is 13.5 Å². The zero-order valence-electron chi connectivity index (χ0n) is 16.1. The smallest absolute Gasteiger partial charge is 0.231 e. The second-order valence-electron chi connectivity index (χ2n) is 6.66. The van der Waals surface area contributed by atoms with Crippen LogP contribution in [0.2, 0.25) is 5.02 Å². The minimum absolute atomic E-state index is 0.149. The van der Waals surface area contributed by atoms with Gasteiger partial charge in [-0.05, 0) is 48.9 Å². The first-order valence-corrected chi connectivity index (χ1v) is 9.52. The Morgan fingerprint density at radius 1 is 1.07 bits per heavy atom. The number of carbonyl (C=O) groups excluding carboxylic acids is 1. The third-order valence-corrected chi connectivity index (χ3v) is 5.14. The second-order valence-corrected chi connectivity index (χ2v) is 7.07. The zero-order valence-corrected chi connectivity index (χ0v) is 16.8. The molecule has 0 amide bonds. The molecule has 146 valence electrons. The summed E-state index contributed by atoms with van der Waals surface area (Å²) in [5.74, 6) is 2.02. The van der Waals surface area contributed by atoms with Gasteiger partial charge in [-0.25, -0.2) is 0 Å². The number of halogens is 1. The highest BCUT2D eigenvalue weighted by molar-refractivity contribution is 6.31. The first kappa shape index (κ1) is 19.1. The monoisotopic (exact) mass is 406 g/mol. The Hall–Kier alpha value is -3.24. The molecule has 0 atom stereocenters. The number of Topliss-reactive ketones (excluding diaryl/α,β-unsaturated/α-hetero) is 1. The van der Waals surface area contributed by atoms with Gasteiger partial charge in [0, 0.05) is 16.1 Å². The number of carbonyl (C=O) groups is 1. The fraction of sp³-hybridized carbons (Fsp3) is 0.125. The van der Waals surface area contributed by atoms with Crippen molar-refractivity contribution in [3.05, 3.63) is 93.7 Å². The molecular weight excluding hydrogens is 388 g/mol. The van der Waals surface area contributed by atoms with Crippen molar-refractivity contribution >= 4 is 23.5 Å². The number of fused-ring (bicyclic) bond motifs is 1. The molecule has 0 spiro atoms. The lowest BCUT2D eigenvalue weighted by Gasteiger charge is -2.12. The summed E-state index contributed by atoms with van der Waals surface area (Å²) >= 11 is 6.20. The SMILES string of the molecule is COc1cccc(/C=C2\Oc3c(ccc(OCc4ccccc4Cl)c3C)C2=O)c1. The summed E-state index contributed by atoms with van der Waals surface area (Å²) in [5.41, 5.74) is 3.02. The maximum Gasteiger partial charge on any atom is 0.231 e. The quantitative estimate of drug-likeness (QED) is 0.498. The summed E-state index contributed by atoms with van der Waals surface area (Å²) < 4.78 is 17.1. The summed E-state index contributed by atoms with van der Waals surface area (Å²) in [6.07, 6.45) is 1.72. The maximum atomic E-state index is 12.8. The summed E-state index contributed by atoms with van der Waals surface area (Å²) in [7, 11) is 1.60. The first-order chi connectivity index (χ1) is 14.1. The van der Waals surface area contributed by atoms with Crippen molar-refractivity contribution in [2.75, 3.05) is 7.11 Å². The highest BCUT2D eigenvalue weighted by Gasteiger charge is 2.30. The molecule has 5 heteroatoms. The Morgan fingerprint density at radius 2 is 1.90 bits per heavy atom. The molecule has 0 radical (unpaired) electrons. The Bertz CT molecular complexity index is 1120. The first-order valence-electron chi connectivity index (χ1n) is 9.15. The van der Waals surface area contributed by atoms with Crippen molar-refractivity contribution in [1.82, 2.24) is 0 Å². The molecule has 4 nitrogen and oxygen atoms in total. The van der Waals surface area contributed by atoms with Gasteiger partial charge in [-0.15, -0.1) is 0 Å². The van der Waals surface area contributed by atoms with Crippen LogP contribution in [0, 0.1) is 6.92 Å². The van der Waals surface area contributed by atoms with Gasteiger partial charge in [-0.1, -0.05) is 41.9 Å². The average Bonchev–Trinajstić information content (AvgIpc) is 3.05. The van der Waals surface area contributed by atoms with E-state index in [-0.39, 0.29) is 11.5 Å². The van der Waals surface area contributed by atoms with Gasteiger partial charge in [0.15, 0.2) is 5.76 Å². The van der Waals surface area contributed by atoms with E-state index in [4.69, 9.17) is 25.8 Å². The molecule has 0 aliphatic carbocycles. The summed E-state index contributed by atoms with van der Waals surface area (Å²) in [4.78, 5) is 12.8. The Labute approximate surface area is 174 Å². The van der Waals surface area contributed by atoms with E-state index in [2.05, 4.69) is 0 Å². The second kappa shape index (κ2) is 8.02. The van der Waals surface area contributed by atoms with Crippen LogP contribution >= 0.6 is 11.6 Å². The van der Waals surface area contributed by atoms with E-state index >= 15 is 0 Å². The number of benzene rings is 3. The molecule has 0 saturated carbocycles. The van der Waals surface area contributed by atoms with E-state index in [0.29, 0.717) is 34.4 Å². The van der Waals surface area contributed by atoms with Gasteiger partial charge >= 0.3 is 0 Å². The van der Waals surface area contributed by atoms with Crippen LogP contribution in [0.4, 0.5) is 0 Å². The van der Waals surface area contributed by atoms with E-state index in [1.807, 2.05) is 55.5 Å². The molecule has 0 fully saturated rings. The van der Waals surface area contributed by atoms with Gasteiger partial charge in [0.05, 0.1) is 12.7 Å². The lowest BCUT2D eigenvalue weighted by molar-refractivity contribution is 0.101. The molecule has 29 heavy (non-hydrogen) atoms. The van der Waals surface area contributed by atoms with Gasteiger partial charge in [0.1, 0.15) is 23.9 Å². The molecule has 1 heterocycles. The fourth-order valence-electron chi connectivity index (χ4n) is 3.18. The lowest BCUT2D eigenvalue weighted by Crippen LogP contribution is -1.99. The summed E-state index contributed by atoms with van der Waals surface area (Å²) in [5, 5.41) is 0.654. The highest BCUT2D eigenvalue weighted by Crippen LogP contribution is 2.39. The number of ether oxygens (including phenoxy) is 3. The Balaban J connectivity index is 1.58. The number of hydrogen-bond donors (Lipinski definition) is 0. The lowest BCUT2D eigenvalue weighted by atomic mass is 10.1. The fourth-order valence-corrected chi connectivity index (χ4v) is 3.37. The third kappa shape index (κ3) is 3.84. The minimum atomic E-state index is -0.149. The molecule has 0 saturated heterocycles. The van der Waals surface area contributed by atoms with Gasteiger partial charge in [-0.3, -0.25) is 4.79 Å². The number of methoxy groups -OCH3 is 1. The molecule has 0 bridgehead atoms. The normalized spacial score (nSPS) is 13.9. The van der Waals surface area contributed by atoms with Gasteiger partial charge in [0.2, 0.25) is 5.78 Å². The molecule has 0 aromatic heterocycles. The molecule has 0 N–H and O–H groups in total. The Morgan fingerprint density at radius 3 is 2.69 bits per heavy atom. The van der Waals surface area contributed by atoms with Crippen molar-refractivity contribution in [3.8, 4) is 17.2 Å². The van der Waals surface area contributed by atoms with Crippen LogP contribution in [-0.2, 0) is 6.61 Å². The molecule has 3 aromatic carbocycles. The number of allylic oxidation sites excluding steroid dienone is 1. The van der Waals surface area contributed by atoms with E-state index in [1.54, 1.807) is 25.3 Å². The zero-order chi connectivity index (χ0) is 20.4. The molecular formula is C24H19ClO4. The van der Waals surface area contributed by atoms with Gasteiger partial charge < -0.3 is 14.2 Å². The number of rotatable bonds is 5. The summed E-state index contributed by atoms with van der Waals surface area (Å²) in [6, 6.07) is 18.5. The van der Waals surface area contributed by atoms with E-state index < -0.39 is 0 Å². The molecule has 1 aliphatic heterocycles. The average molecular weight is 407 g/mol. The van der Waals surface area contributed by atoms with Crippen molar-refractivity contribution in [3.63, 3.8) is 0 Å². The molecule has 1 aliphatic rings. The van der Waals surface area contributed by atoms with Crippen LogP contribution in [-0.4, -0.2) is 12.9 Å². The van der Waals surface area contributed by atoms with Gasteiger partial charge in [0.25, 0.3) is 0 Å². The van der Waals surface area contributed by atoms with Crippen LogP contribution in [0.5, 0.6) is 17.2 Å². The Kier molecular flexibility index (Phi) is 5.28. The van der Waals surface area contributed by atoms with Crippen molar-refractivity contribution in [1.29, 1.82) is 0 Å². The molecule has 3 aromatic rings. The number of ketones is 1. The van der Waals surface area contributed by atoms with Crippen molar-refractivity contribution < 1.29 is 19.0 Å². The van der Waals surface area contributed by atoms with Crippen LogP contribution < -0.4 is 14.2 Å².